The van der Waals surface area contributed by atoms with Crippen molar-refractivity contribution in [2.24, 2.45) is 0 Å². The molecule has 2 atom stereocenters. The van der Waals surface area contributed by atoms with Crippen LogP contribution in [0.15, 0.2) is 0 Å². The summed E-state index contributed by atoms with van der Waals surface area (Å²) in [5.41, 5.74) is 0. The summed E-state index contributed by atoms with van der Waals surface area (Å²) < 4.78 is 16.8. The number of unbranched alkanes of at least 4 members (excludes halogenated alkanes) is 16. The van der Waals surface area contributed by atoms with Gasteiger partial charge in [-0.15, -0.1) is 0 Å². The third kappa shape index (κ3) is 24.9. The molecule has 0 aromatic rings. The number of esters is 2. The number of rotatable bonds is 30. The minimum atomic E-state index is -1.13. The van der Waals surface area contributed by atoms with Crippen LogP contribution in [-0.4, -0.2) is 75.5 Å². The second-order valence-electron chi connectivity index (χ2n) is 12.8. The molecule has 0 saturated heterocycles. The summed E-state index contributed by atoms with van der Waals surface area (Å²) in [6, 6.07) is -0.715. The van der Waals surface area contributed by atoms with Gasteiger partial charge in [0.15, 0.2) is 6.10 Å². The zero-order valence-electron chi connectivity index (χ0n) is 27.9. The van der Waals surface area contributed by atoms with Crippen LogP contribution in [0.25, 0.3) is 0 Å². The molecule has 0 aliphatic carbocycles. The van der Waals surface area contributed by atoms with E-state index in [9.17, 15) is 19.5 Å². The number of aliphatic carboxylic acids is 1. The Kier molecular flexibility index (Phi) is 25.8. The van der Waals surface area contributed by atoms with E-state index in [2.05, 4.69) is 6.92 Å². The van der Waals surface area contributed by atoms with Crippen LogP contribution in [0.5, 0.6) is 0 Å². The number of hydrogen-bond donors (Lipinski definition) is 0. The second-order valence-corrected chi connectivity index (χ2v) is 12.8. The first kappa shape index (κ1) is 40.3. The fraction of sp³-hybridized carbons (Fsp3) is 0.912. The molecule has 0 amide bonds. The van der Waals surface area contributed by atoms with E-state index in [0.717, 1.165) is 32.1 Å². The van der Waals surface area contributed by atoms with E-state index in [4.69, 9.17) is 14.2 Å². The molecule has 0 spiro atoms. The standard InChI is InChI=1S/C34H65NO7/c1-6-8-10-11-12-13-14-15-16-17-18-19-20-21-22-23-25-33(37)42-30(29-41-32(36)24-9-7-2)28-40-27-26-31(34(38)39)35(3,4)5/h30-31H,6-29H2,1-5H3. The SMILES string of the molecule is CCCCCCCCCCCCCCCCCCC(=O)OC(COCCC(C(=O)[O-])[N+](C)(C)C)COC(=O)CCCC. The van der Waals surface area contributed by atoms with E-state index in [-0.39, 0.29) is 42.7 Å². The summed E-state index contributed by atoms with van der Waals surface area (Å²) in [4.78, 5) is 35.9. The summed E-state index contributed by atoms with van der Waals surface area (Å²) in [5, 5.41) is 11.5. The van der Waals surface area contributed by atoms with Gasteiger partial charge in [0.25, 0.3) is 0 Å². The lowest BCUT2D eigenvalue weighted by molar-refractivity contribution is -0.889. The van der Waals surface area contributed by atoms with E-state index in [1.807, 2.05) is 6.92 Å². The maximum Gasteiger partial charge on any atom is 0.306 e. The smallest absolute Gasteiger partial charge is 0.306 e. The molecule has 0 N–H and O–H groups in total. The van der Waals surface area contributed by atoms with Crippen molar-refractivity contribution >= 4 is 17.9 Å². The number of carbonyl (C=O) groups is 3. The first-order chi connectivity index (χ1) is 20.1. The molecule has 0 aromatic carbocycles. The Morgan fingerprint density at radius 2 is 1.07 bits per heavy atom. The van der Waals surface area contributed by atoms with Crippen LogP contribution in [0.2, 0.25) is 0 Å². The highest BCUT2D eigenvalue weighted by Crippen LogP contribution is 2.15. The summed E-state index contributed by atoms with van der Waals surface area (Å²) in [6.07, 6.45) is 22.2. The van der Waals surface area contributed by atoms with E-state index in [1.54, 1.807) is 21.1 Å². The molecule has 0 heterocycles. The monoisotopic (exact) mass is 599 g/mol. The van der Waals surface area contributed by atoms with Gasteiger partial charge in [-0.3, -0.25) is 9.59 Å². The lowest BCUT2D eigenvalue weighted by Crippen LogP contribution is -2.55. The first-order valence-corrected chi connectivity index (χ1v) is 17.1. The molecule has 0 aromatic heterocycles. The van der Waals surface area contributed by atoms with Crippen molar-refractivity contribution in [3.63, 3.8) is 0 Å². The van der Waals surface area contributed by atoms with E-state index >= 15 is 0 Å². The minimum Gasteiger partial charge on any atom is -0.544 e. The number of carboxylic acids is 1. The fourth-order valence-corrected chi connectivity index (χ4v) is 4.99. The van der Waals surface area contributed by atoms with Crippen LogP contribution in [-0.2, 0) is 28.6 Å². The van der Waals surface area contributed by atoms with Gasteiger partial charge in [0.1, 0.15) is 12.6 Å². The Morgan fingerprint density at radius 1 is 0.619 bits per heavy atom. The molecule has 2 unspecified atom stereocenters. The molecule has 42 heavy (non-hydrogen) atoms. The molecule has 0 aliphatic rings. The molecule has 0 bridgehead atoms. The Bertz CT molecular complexity index is 677. The third-order valence-electron chi connectivity index (χ3n) is 7.74. The number of quaternary nitrogens is 1. The molecule has 8 nitrogen and oxygen atoms in total. The van der Waals surface area contributed by atoms with Gasteiger partial charge < -0.3 is 28.6 Å². The number of carbonyl (C=O) groups excluding carboxylic acids is 3. The van der Waals surface area contributed by atoms with Crippen molar-refractivity contribution < 1.29 is 38.2 Å². The van der Waals surface area contributed by atoms with Crippen molar-refractivity contribution in [1.82, 2.24) is 0 Å². The van der Waals surface area contributed by atoms with Crippen LogP contribution in [0.3, 0.4) is 0 Å². The quantitative estimate of drug-likeness (QED) is 0.0527. The predicted octanol–water partition coefficient (Wildman–Crippen LogP) is 6.51. The number of nitrogens with zero attached hydrogens (tertiary/aromatic N) is 1. The van der Waals surface area contributed by atoms with E-state index in [1.165, 1.54) is 83.5 Å². The molecular formula is C34H65NO7. The molecule has 0 saturated carbocycles. The largest absolute Gasteiger partial charge is 0.544 e. The molecule has 0 rings (SSSR count). The summed E-state index contributed by atoms with van der Waals surface area (Å²) in [5.74, 6) is -1.77. The van der Waals surface area contributed by atoms with Crippen molar-refractivity contribution in [3.05, 3.63) is 0 Å². The molecule has 8 heteroatoms. The van der Waals surface area contributed by atoms with E-state index < -0.39 is 18.1 Å². The van der Waals surface area contributed by atoms with Crippen LogP contribution in [0.4, 0.5) is 0 Å². The Morgan fingerprint density at radius 3 is 1.52 bits per heavy atom. The maximum atomic E-state index is 12.5. The average molecular weight is 600 g/mol. The summed E-state index contributed by atoms with van der Waals surface area (Å²) in [6.45, 7) is 4.42. The maximum absolute atomic E-state index is 12.5. The topological polar surface area (TPSA) is 102 Å². The van der Waals surface area contributed by atoms with Gasteiger partial charge in [-0.25, -0.2) is 0 Å². The van der Waals surface area contributed by atoms with Crippen molar-refractivity contribution in [1.29, 1.82) is 0 Å². The summed E-state index contributed by atoms with van der Waals surface area (Å²) in [7, 11) is 5.37. The molecule has 0 aliphatic heterocycles. The first-order valence-electron chi connectivity index (χ1n) is 17.1. The van der Waals surface area contributed by atoms with Gasteiger partial charge in [-0.05, 0) is 12.8 Å². The van der Waals surface area contributed by atoms with Gasteiger partial charge in [-0.1, -0.05) is 117 Å². The average Bonchev–Trinajstić information content (AvgIpc) is 2.93. The second kappa shape index (κ2) is 26.9. The zero-order chi connectivity index (χ0) is 31.5. The number of likely N-dealkylation sites (N-methyl/N-ethyl adjacent to an activating group) is 1. The third-order valence-corrected chi connectivity index (χ3v) is 7.74. The zero-order valence-corrected chi connectivity index (χ0v) is 27.9. The van der Waals surface area contributed by atoms with Crippen LogP contribution >= 0.6 is 0 Å². The number of hydrogen-bond acceptors (Lipinski definition) is 7. The lowest BCUT2D eigenvalue weighted by atomic mass is 10.0. The highest BCUT2D eigenvalue weighted by Gasteiger charge is 2.25. The molecule has 0 radical (unpaired) electrons. The highest BCUT2D eigenvalue weighted by molar-refractivity contribution is 5.70. The van der Waals surface area contributed by atoms with E-state index in [0.29, 0.717) is 12.8 Å². The van der Waals surface area contributed by atoms with Gasteiger partial charge in [-0.2, -0.15) is 0 Å². The molecule has 0 fully saturated rings. The number of carboxylic acid groups (broad SMARTS) is 1. The van der Waals surface area contributed by atoms with Gasteiger partial charge in [0.05, 0.1) is 40.3 Å². The van der Waals surface area contributed by atoms with Crippen molar-refractivity contribution in [2.45, 2.75) is 161 Å². The van der Waals surface area contributed by atoms with Crippen LogP contribution in [0.1, 0.15) is 149 Å². The number of ether oxygens (including phenoxy) is 3. The van der Waals surface area contributed by atoms with Crippen molar-refractivity contribution in [3.8, 4) is 0 Å². The Hall–Kier alpha value is -1.67. The normalized spacial score (nSPS) is 13.1. The van der Waals surface area contributed by atoms with Crippen molar-refractivity contribution in [2.75, 3.05) is 41.0 Å². The van der Waals surface area contributed by atoms with Crippen LogP contribution < -0.4 is 5.11 Å². The lowest BCUT2D eigenvalue weighted by Gasteiger charge is -2.34. The Balaban J connectivity index is 4.14. The minimum absolute atomic E-state index is 0.0443. The van der Waals surface area contributed by atoms with Crippen LogP contribution in [0, 0.1) is 0 Å². The summed E-state index contributed by atoms with van der Waals surface area (Å²) >= 11 is 0. The molecule has 248 valence electrons. The van der Waals surface area contributed by atoms with Gasteiger partial charge in [0, 0.05) is 19.3 Å². The van der Waals surface area contributed by atoms with Gasteiger partial charge >= 0.3 is 11.9 Å². The highest BCUT2D eigenvalue weighted by atomic mass is 16.6. The molecular weight excluding hydrogens is 534 g/mol. The van der Waals surface area contributed by atoms with Gasteiger partial charge in [0.2, 0.25) is 0 Å². The fourth-order valence-electron chi connectivity index (χ4n) is 4.99. The Labute approximate surface area is 257 Å². The predicted molar refractivity (Wildman–Crippen MR) is 167 cm³/mol.